The SMILES string of the molecule is O=C1NCc2ccc(C3CCN(Cc4cncc(C5=CCCC5)c4)CC3)cc2N1. The van der Waals surface area contributed by atoms with Crippen LogP contribution < -0.4 is 10.6 Å². The number of hydrogen-bond donors (Lipinski definition) is 2. The summed E-state index contributed by atoms with van der Waals surface area (Å²) in [5, 5.41) is 5.76. The minimum atomic E-state index is -0.103. The van der Waals surface area contributed by atoms with E-state index in [1.165, 1.54) is 41.5 Å². The van der Waals surface area contributed by atoms with E-state index in [1.54, 1.807) is 0 Å². The molecule has 150 valence electrons. The molecule has 0 bridgehead atoms. The third-order valence-electron chi connectivity index (χ3n) is 6.49. The fourth-order valence-corrected chi connectivity index (χ4v) is 4.83. The predicted octanol–water partition coefficient (Wildman–Crippen LogP) is 4.66. The zero-order valence-electron chi connectivity index (χ0n) is 16.8. The topological polar surface area (TPSA) is 57.3 Å². The van der Waals surface area contributed by atoms with Crippen molar-refractivity contribution < 1.29 is 4.79 Å². The molecule has 29 heavy (non-hydrogen) atoms. The first kappa shape index (κ1) is 18.4. The summed E-state index contributed by atoms with van der Waals surface area (Å²) in [6.45, 7) is 3.79. The summed E-state index contributed by atoms with van der Waals surface area (Å²) >= 11 is 0. The zero-order chi connectivity index (χ0) is 19.6. The molecular weight excluding hydrogens is 360 g/mol. The summed E-state index contributed by atoms with van der Waals surface area (Å²) in [7, 11) is 0. The molecule has 2 aliphatic heterocycles. The molecule has 5 heteroatoms. The number of hydrogen-bond acceptors (Lipinski definition) is 3. The zero-order valence-corrected chi connectivity index (χ0v) is 16.8. The lowest BCUT2D eigenvalue weighted by Crippen LogP contribution is -2.34. The Balaban J connectivity index is 1.21. The molecule has 1 aliphatic carbocycles. The number of benzene rings is 1. The maximum Gasteiger partial charge on any atom is 0.319 e. The number of carbonyl (C=O) groups excluding carboxylic acids is 1. The van der Waals surface area contributed by atoms with E-state index >= 15 is 0 Å². The Morgan fingerprint density at radius 2 is 2.03 bits per heavy atom. The fraction of sp³-hybridized carbons (Fsp3) is 0.417. The summed E-state index contributed by atoms with van der Waals surface area (Å²) in [4.78, 5) is 18.6. The van der Waals surface area contributed by atoms with Crippen molar-refractivity contribution in [2.75, 3.05) is 18.4 Å². The van der Waals surface area contributed by atoms with E-state index in [0.717, 1.165) is 43.7 Å². The van der Waals surface area contributed by atoms with Gasteiger partial charge in [0.15, 0.2) is 0 Å². The molecule has 1 saturated heterocycles. The van der Waals surface area contributed by atoms with Gasteiger partial charge in [-0.2, -0.15) is 0 Å². The Kier molecular flexibility index (Phi) is 5.06. The van der Waals surface area contributed by atoms with Crippen LogP contribution in [0.1, 0.15) is 60.3 Å². The second kappa shape index (κ2) is 7.99. The van der Waals surface area contributed by atoms with E-state index in [2.05, 4.69) is 50.9 Å². The number of anilines is 1. The van der Waals surface area contributed by atoms with Gasteiger partial charge in [-0.1, -0.05) is 18.2 Å². The van der Waals surface area contributed by atoms with Crippen LogP contribution in [0.5, 0.6) is 0 Å². The number of carbonyl (C=O) groups is 1. The highest BCUT2D eigenvalue weighted by atomic mass is 16.2. The number of nitrogens with one attached hydrogen (secondary N) is 2. The summed E-state index contributed by atoms with van der Waals surface area (Å²) in [5.41, 5.74) is 7.57. The smallest absolute Gasteiger partial charge is 0.319 e. The van der Waals surface area contributed by atoms with Gasteiger partial charge in [-0.05, 0) is 91.1 Å². The Labute approximate surface area is 172 Å². The van der Waals surface area contributed by atoms with Gasteiger partial charge >= 0.3 is 6.03 Å². The molecule has 0 saturated carbocycles. The number of piperidine rings is 1. The molecule has 0 radical (unpaired) electrons. The van der Waals surface area contributed by atoms with Gasteiger partial charge < -0.3 is 10.6 Å². The van der Waals surface area contributed by atoms with Crippen LogP contribution in [0.15, 0.2) is 42.7 Å². The van der Waals surface area contributed by atoms with Gasteiger partial charge in [0.05, 0.1) is 0 Å². The van der Waals surface area contributed by atoms with Crippen molar-refractivity contribution in [1.29, 1.82) is 0 Å². The molecule has 3 heterocycles. The van der Waals surface area contributed by atoms with Crippen LogP contribution in [-0.4, -0.2) is 29.0 Å². The largest absolute Gasteiger partial charge is 0.334 e. The molecule has 2 N–H and O–H groups in total. The van der Waals surface area contributed by atoms with Crippen LogP contribution in [0.3, 0.4) is 0 Å². The molecular formula is C24H28N4O. The van der Waals surface area contributed by atoms with Crippen LogP contribution in [0.4, 0.5) is 10.5 Å². The van der Waals surface area contributed by atoms with Gasteiger partial charge in [-0.15, -0.1) is 0 Å². The van der Waals surface area contributed by atoms with Crippen LogP contribution in [0.25, 0.3) is 5.57 Å². The van der Waals surface area contributed by atoms with Gasteiger partial charge in [-0.3, -0.25) is 9.88 Å². The van der Waals surface area contributed by atoms with Gasteiger partial charge in [0.25, 0.3) is 0 Å². The monoisotopic (exact) mass is 388 g/mol. The summed E-state index contributed by atoms with van der Waals surface area (Å²) in [6, 6.07) is 8.79. The Morgan fingerprint density at radius 1 is 1.14 bits per heavy atom. The minimum absolute atomic E-state index is 0.103. The highest BCUT2D eigenvalue weighted by molar-refractivity contribution is 5.92. The normalized spacial score (nSPS) is 20.0. The van der Waals surface area contributed by atoms with Crippen molar-refractivity contribution in [1.82, 2.24) is 15.2 Å². The molecule has 2 amide bonds. The molecule has 1 fully saturated rings. The average Bonchev–Trinajstić information content (AvgIpc) is 3.29. The Bertz CT molecular complexity index is 944. The molecule has 5 rings (SSSR count). The van der Waals surface area contributed by atoms with Crippen molar-refractivity contribution in [2.45, 2.75) is 51.1 Å². The number of urea groups is 1. The number of pyridine rings is 1. The van der Waals surface area contributed by atoms with Gasteiger partial charge in [0.1, 0.15) is 0 Å². The lowest BCUT2D eigenvalue weighted by molar-refractivity contribution is 0.204. The van der Waals surface area contributed by atoms with Crippen molar-refractivity contribution in [3.05, 3.63) is 65.0 Å². The van der Waals surface area contributed by atoms with Crippen LogP contribution in [-0.2, 0) is 13.1 Å². The average molecular weight is 389 g/mol. The minimum Gasteiger partial charge on any atom is -0.334 e. The maximum atomic E-state index is 11.6. The number of allylic oxidation sites excluding steroid dienone is 2. The van der Waals surface area contributed by atoms with Gasteiger partial charge in [0.2, 0.25) is 0 Å². The number of aromatic nitrogens is 1. The van der Waals surface area contributed by atoms with E-state index in [1.807, 2.05) is 12.4 Å². The Hall–Kier alpha value is -2.66. The standard InChI is InChI=1S/C24H28N4O/c29-24-26-15-21-6-5-20(12-23(21)27-24)19-7-9-28(10-8-19)16-17-11-22(14-25-13-17)18-3-1-2-4-18/h3,5-6,11-14,19H,1-2,4,7-10,15-16H2,(H2,26,27,29). The quantitative estimate of drug-likeness (QED) is 0.801. The molecule has 0 unspecified atom stereocenters. The first-order valence-electron chi connectivity index (χ1n) is 10.8. The lowest BCUT2D eigenvalue weighted by Gasteiger charge is -2.32. The summed E-state index contributed by atoms with van der Waals surface area (Å²) in [5.74, 6) is 0.566. The number of nitrogens with zero attached hydrogens (tertiary/aromatic N) is 2. The van der Waals surface area contributed by atoms with Crippen molar-refractivity contribution in [3.8, 4) is 0 Å². The second-order valence-corrected chi connectivity index (χ2v) is 8.48. The van der Waals surface area contributed by atoms with Crippen LogP contribution >= 0.6 is 0 Å². The predicted molar refractivity (Wildman–Crippen MR) is 116 cm³/mol. The van der Waals surface area contributed by atoms with Crippen LogP contribution in [0, 0.1) is 0 Å². The van der Waals surface area contributed by atoms with E-state index in [-0.39, 0.29) is 6.03 Å². The molecule has 1 aromatic carbocycles. The molecule has 0 atom stereocenters. The highest BCUT2D eigenvalue weighted by Crippen LogP contribution is 2.32. The number of fused-ring (bicyclic) bond motifs is 1. The third-order valence-corrected chi connectivity index (χ3v) is 6.49. The van der Waals surface area contributed by atoms with E-state index in [9.17, 15) is 4.79 Å². The first-order chi connectivity index (χ1) is 14.2. The fourth-order valence-electron chi connectivity index (χ4n) is 4.83. The van der Waals surface area contributed by atoms with E-state index in [0.29, 0.717) is 12.5 Å². The molecule has 0 spiro atoms. The number of amides is 2. The van der Waals surface area contributed by atoms with Crippen LogP contribution in [0.2, 0.25) is 0 Å². The molecule has 2 aromatic rings. The van der Waals surface area contributed by atoms with Crippen molar-refractivity contribution in [3.63, 3.8) is 0 Å². The number of rotatable bonds is 4. The summed E-state index contributed by atoms with van der Waals surface area (Å²) < 4.78 is 0. The van der Waals surface area contributed by atoms with Crippen molar-refractivity contribution >= 4 is 17.3 Å². The summed E-state index contributed by atoms with van der Waals surface area (Å²) in [6.07, 6.45) is 12.4. The second-order valence-electron chi connectivity index (χ2n) is 8.48. The van der Waals surface area contributed by atoms with E-state index in [4.69, 9.17) is 0 Å². The first-order valence-corrected chi connectivity index (χ1v) is 10.8. The molecule has 5 nitrogen and oxygen atoms in total. The maximum absolute atomic E-state index is 11.6. The molecule has 1 aromatic heterocycles. The van der Waals surface area contributed by atoms with Crippen molar-refractivity contribution in [2.24, 2.45) is 0 Å². The molecule has 3 aliphatic rings. The van der Waals surface area contributed by atoms with Gasteiger partial charge in [0, 0.05) is 31.2 Å². The highest BCUT2D eigenvalue weighted by Gasteiger charge is 2.23. The lowest BCUT2D eigenvalue weighted by atomic mass is 9.88. The Morgan fingerprint density at radius 3 is 2.86 bits per heavy atom. The van der Waals surface area contributed by atoms with Gasteiger partial charge in [-0.25, -0.2) is 4.79 Å². The third kappa shape index (κ3) is 4.06. The number of likely N-dealkylation sites (tertiary alicyclic amines) is 1. The van der Waals surface area contributed by atoms with E-state index < -0.39 is 0 Å².